The maximum atomic E-state index is 5.66. The molecular formula is C13H22BrN3. The molecule has 0 radical (unpaired) electrons. The van der Waals surface area contributed by atoms with E-state index in [2.05, 4.69) is 53.9 Å². The highest BCUT2D eigenvalue weighted by Gasteiger charge is 2.17. The van der Waals surface area contributed by atoms with Crippen LogP contribution in [0.25, 0.3) is 0 Å². The summed E-state index contributed by atoms with van der Waals surface area (Å²) in [5.74, 6) is 2.83. The van der Waals surface area contributed by atoms with E-state index < -0.39 is 0 Å². The van der Waals surface area contributed by atoms with Gasteiger partial charge in [0.05, 0.1) is 16.4 Å². The summed E-state index contributed by atoms with van der Waals surface area (Å²) in [5.41, 5.74) is 6.33. The second kappa shape index (κ2) is 6.24. The highest BCUT2D eigenvalue weighted by molar-refractivity contribution is 9.10. The number of anilines is 2. The van der Waals surface area contributed by atoms with Gasteiger partial charge in [-0.3, -0.25) is 0 Å². The number of hydrogen-bond donors (Lipinski definition) is 2. The molecule has 1 aromatic rings. The number of nitrogens with two attached hydrogens (primary N) is 1. The smallest absolute Gasteiger partial charge is 0.140 e. The van der Waals surface area contributed by atoms with Gasteiger partial charge in [0.1, 0.15) is 5.82 Å². The molecule has 3 N–H and O–H groups in total. The highest BCUT2D eigenvalue weighted by Crippen LogP contribution is 2.25. The molecule has 1 aromatic heterocycles. The summed E-state index contributed by atoms with van der Waals surface area (Å²) < 4.78 is 0.920. The molecule has 0 bridgehead atoms. The zero-order valence-electron chi connectivity index (χ0n) is 11.0. The molecule has 0 spiro atoms. The van der Waals surface area contributed by atoms with E-state index in [1.165, 1.54) is 0 Å². The Balaban J connectivity index is 2.65. The van der Waals surface area contributed by atoms with Crippen molar-refractivity contribution in [2.45, 2.75) is 27.7 Å². The number of nitrogens with one attached hydrogen (secondary N) is 1. The lowest BCUT2D eigenvalue weighted by Crippen LogP contribution is -2.25. The zero-order chi connectivity index (χ0) is 13.0. The lowest BCUT2D eigenvalue weighted by molar-refractivity contribution is 0.304. The first kappa shape index (κ1) is 14.3. The van der Waals surface area contributed by atoms with Crippen LogP contribution < -0.4 is 11.1 Å². The van der Waals surface area contributed by atoms with Gasteiger partial charge in [0.2, 0.25) is 0 Å². The second-order valence-corrected chi connectivity index (χ2v) is 5.99. The van der Waals surface area contributed by atoms with Crippen LogP contribution in [0, 0.1) is 17.8 Å². The van der Waals surface area contributed by atoms with Crippen molar-refractivity contribution in [3.05, 3.63) is 16.7 Å². The Morgan fingerprint density at radius 3 is 2.35 bits per heavy atom. The minimum atomic E-state index is 0.640. The molecule has 0 fully saturated rings. The summed E-state index contributed by atoms with van der Waals surface area (Å²) in [6.07, 6.45) is 1.67. The van der Waals surface area contributed by atoms with Gasteiger partial charge in [0.15, 0.2) is 0 Å². The Bertz CT molecular complexity index is 356. The topological polar surface area (TPSA) is 50.9 Å². The lowest BCUT2D eigenvalue weighted by atomic mass is 9.85. The van der Waals surface area contributed by atoms with E-state index >= 15 is 0 Å². The Morgan fingerprint density at radius 1 is 1.29 bits per heavy atom. The van der Waals surface area contributed by atoms with Crippen LogP contribution in [0.2, 0.25) is 0 Å². The van der Waals surface area contributed by atoms with Crippen molar-refractivity contribution >= 4 is 27.4 Å². The van der Waals surface area contributed by atoms with Crippen LogP contribution >= 0.6 is 15.9 Å². The van der Waals surface area contributed by atoms with E-state index in [9.17, 15) is 0 Å². The van der Waals surface area contributed by atoms with E-state index in [1.54, 1.807) is 6.20 Å². The number of halogens is 1. The van der Waals surface area contributed by atoms with Gasteiger partial charge in [-0.15, -0.1) is 0 Å². The Hall–Kier alpha value is -0.770. The van der Waals surface area contributed by atoms with Crippen molar-refractivity contribution in [3.63, 3.8) is 0 Å². The van der Waals surface area contributed by atoms with Crippen LogP contribution in [0.3, 0.4) is 0 Å². The van der Waals surface area contributed by atoms with Gasteiger partial charge in [-0.05, 0) is 39.8 Å². The fourth-order valence-corrected chi connectivity index (χ4v) is 2.55. The van der Waals surface area contributed by atoms with Crippen molar-refractivity contribution < 1.29 is 0 Å². The van der Waals surface area contributed by atoms with Crippen LogP contribution in [0.5, 0.6) is 0 Å². The first-order valence-corrected chi connectivity index (χ1v) is 6.86. The molecule has 0 aliphatic carbocycles. The van der Waals surface area contributed by atoms with Gasteiger partial charge in [-0.1, -0.05) is 27.7 Å². The maximum Gasteiger partial charge on any atom is 0.140 e. The van der Waals surface area contributed by atoms with Gasteiger partial charge in [0, 0.05) is 6.54 Å². The average molecular weight is 300 g/mol. The summed E-state index contributed by atoms with van der Waals surface area (Å²) in [6, 6.07) is 1.87. The molecule has 0 saturated heterocycles. The summed E-state index contributed by atoms with van der Waals surface area (Å²) in [4.78, 5) is 4.29. The molecule has 96 valence electrons. The van der Waals surface area contributed by atoms with Gasteiger partial charge in [-0.2, -0.15) is 0 Å². The SMILES string of the molecule is CC(C)C(CNc1ncc(N)cc1Br)C(C)C. The first-order chi connectivity index (χ1) is 7.91. The number of nitrogens with zero attached hydrogens (tertiary/aromatic N) is 1. The van der Waals surface area contributed by atoms with Gasteiger partial charge in [0.25, 0.3) is 0 Å². The second-order valence-electron chi connectivity index (χ2n) is 5.13. The average Bonchev–Trinajstić information content (AvgIpc) is 2.20. The summed E-state index contributed by atoms with van der Waals surface area (Å²) in [5, 5.41) is 3.39. The fraction of sp³-hybridized carbons (Fsp3) is 0.615. The van der Waals surface area contributed by atoms with Gasteiger partial charge < -0.3 is 11.1 Å². The zero-order valence-corrected chi connectivity index (χ0v) is 12.6. The molecule has 17 heavy (non-hydrogen) atoms. The third kappa shape index (κ3) is 4.19. The molecule has 3 nitrogen and oxygen atoms in total. The number of rotatable bonds is 5. The number of pyridine rings is 1. The van der Waals surface area contributed by atoms with Crippen LogP contribution in [0.15, 0.2) is 16.7 Å². The van der Waals surface area contributed by atoms with E-state index in [1.807, 2.05) is 6.07 Å². The normalized spacial score (nSPS) is 11.5. The molecule has 1 heterocycles. The number of aromatic nitrogens is 1. The predicted molar refractivity (Wildman–Crippen MR) is 78.0 cm³/mol. The molecule has 0 atom stereocenters. The van der Waals surface area contributed by atoms with Crippen LogP contribution in [-0.4, -0.2) is 11.5 Å². The summed E-state index contributed by atoms with van der Waals surface area (Å²) in [7, 11) is 0. The molecule has 0 saturated carbocycles. The van der Waals surface area contributed by atoms with Crippen LogP contribution in [0.1, 0.15) is 27.7 Å². The highest BCUT2D eigenvalue weighted by atomic mass is 79.9. The third-order valence-electron chi connectivity index (χ3n) is 3.08. The Morgan fingerprint density at radius 2 is 1.88 bits per heavy atom. The molecule has 4 heteroatoms. The van der Waals surface area contributed by atoms with Gasteiger partial charge in [-0.25, -0.2) is 4.98 Å². The molecule has 0 amide bonds. The van der Waals surface area contributed by atoms with E-state index in [-0.39, 0.29) is 0 Å². The van der Waals surface area contributed by atoms with Gasteiger partial charge >= 0.3 is 0 Å². The summed E-state index contributed by atoms with van der Waals surface area (Å²) in [6.45, 7) is 9.98. The minimum Gasteiger partial charge on any atom is -0.397 e. The molecular weight excluding hydrogens is 278 g/mol. The van der Waals surface area contributed by atoms with Crippen molar-refractivity contribution in [2.24, 2.45) is 17.8 Å². The standard InChI is InChI=1S/C13H22BrN3/c1-8(2)11(9(3)4)7-17-13-12(14)5-10(15)6-16-13/h5-6,8-9,11H,7,15H2,1-4H3,(H,16,17). The molecule has 0 aliphatic heterocycles. The van der Waals surface area contributed by atoms with Crippen LogP contribution in [0.4, 0.5) is 11.5 Å². The van der Waals surface area contributed by atoms with E-state index in [4.69, 9.17) is 5.73 Å². The molecule has 0 aromatic carbocycles. The largest absolute Gasteiger partial charge is 0.397 e. The molecule has 0 unspecified atom stereocenters. The maximum absolute atomic E-state index is 5.66. The lowest BCUT2D eigenvalue weighted by Gasteiger charge is -2.25. The first-order valence-electron chi connectivity index (χ1n) is 6.06. The monoisotopic (exact) mass is 299 g/mol. The summed E-state index contributed by atoms with van der Waals surface area (Å²) >= 11 is 3.47. The predicted octanol–water partition coefficient (Wildman–Crippen LogP) is 3.77. The van der Waals surface area contributed by atoms with Crippen molar-refractivity contribution in [1.29, 1.82) is 0 Å². The van der Waals surface area contributed by atoms with Crippen molar-refractivity contribution in [2.75, 3.05) is 17.6 Å². The fourth-order valence-electron chi connectivity index (χ4n) is 2.04. The van der Waals surface area contributed by atoms with Crippen LogP contribution in [-0.2, 0) is 0 Å². The Kier molecular flexibility index (Phi) is 5.25. The molecule has 0 aliphatic rings. The number of nitrogen functional groups attached to an aromatic ring is 1. The van der Waals surface area contributed by atoms with Crippen molar-refractivity contribution in [1.82, 2.24) is 4.98 Å². The van der Waals surface area contributed by atoms with Crippen molar-refractivity contribution in [3.8, 4) is 0 Å². The van der Waals surface area contributed by atoms with E-state index in [0.717, 1.165) is 16.8 Å². The Labute approximate surface area is 112 Å². The third-order valence-corrected chi connectivity index (χ3v) is 3.68. The molecule has 1 rings (SSSR count). The quantitative estimate of drug-likeness (QED) is 0.870. The minimum absolute atomic E-state index is 0.640. The van der Waals surface area contributed by atoms with E-state index in [0.29, 0.717) is 23.4 Å². The number of hydrogen-bond acceptors (Lipinski definition) is 3.